The molecule has 0 aromatic carbocycles. The molecule has 2 aliphatic heterocycles. The molecule has 5 nitrogen and oxygen atoms in total. The van der Waals surface area contributed by atoms with Gasteiger partial charge in [0, 0.05) is 12.5 Å². The molecule has 2 saturated heterocycles. The second-order valence-corrected chi connectivity index (χ2v) is 8.18. The summed E-state index contributed by atoms with van der Waals surface area (Å²) >= 11 is 0. The van der Waals surface area contributed by atoms with E-state index >= 15 is 0 Å². The predicted molar refractivity (Wildman–Crippen MR) is 74.6 cm³/mol. The summed E-state index contributed by atoms with van der Waals surface area (Å²) in [6.07, 6.45) is 3.42. The van der Waals surface area contributed by atoms with Crippen LogP contribution in [0.25, 0.3) is 0 Å². The third-order valence-corrected chi connectivity index (χ3v) is 6.01. The van der Waals surface area contributed by atoms with E-state index in [0.717, 1.165) is 13.1 Å². The van der Waals surface area contributed by atoms with Crippen molar-refractivity contribution in [2.24, 2.45) is 11.8 Å². The van der Waals surface area contributed by atoms with E-state index in [-0.39, 0.29) is 23.5 Å². The molecule has 1 amide bonds. The molecule has 3 atom stereocenters. The molecule has 0 radical (unpaired) electrons. The molecule has 2 rings (SSSR count). The lowest BCUT2D eigenvalue weighted by molar-refractivity contribution is -0.122. The highest BCUT2D eigenvalue weighted by Gasteiger charge is 2.29. The molecular weight excluding hydrogens is 264 g/mol. The van der Waals surface area contributed by atoms with Crippen LogP contribution in [-0.2, 0) is 14.6 Å². The van der Waals surface area contributed by atoms with E-state index in [2.05, 4.69) is 17.6 Å². The Hall–Kier alpha value is -0.620. The van der Waals surface area contributed by atoms with Crippen LogP contribution in [0.1, 0.15) is 32.6 Å². The van der Waals surface area contributed by atoms with E-state index in [1.807, 2.05) is 0 Å². The Labute approximate surface area is 115 Å². The van der Waals surface area contributed by atoms with Gasteiger partial charge in [-0.2, -0.15) is 0 Å². The Kier molecular flexibility index (Phi) is 4.84. The van der Waals surface area contributed by atoms with E-state index in [4.69, 9.17) is 0 Å². The molecule has 0 aliphatic carbocycles. The third-order valence-electron chi connectivity index (χ3n) is 4.24. The fraction of sp³-hybridized carbons (Fsp3) is 0.923. The van der Waals surface area contributed by atoms with Crippen molar-refractivity contribution in [3.05, 3.63) is 0 Å². The van der Waals surface area contributed by atoms with Crippen molar-refractivity contribution in [3.8, 4) is 0 Å². The van der Waals surface area contributed by atoms with E-state index in [1.165, 1.54) is 12.8 Å². The maximum Gasteiger partial charge on any atom is 0.220 e. The maximum absolute atomic E-state index is 11.9. The molecule has 2 aliphatic rings. The van der Waals surface area contributed by atoms with Crippen LogP contribution in [0.15, 0.2) is 0 Å². The molecule has 0 saturated carbocycles. The first-order valence-corrected chi connectivity index (χ1v) is 8.99. The molecule has 0 spiro atoms. The highest BCUT2D eigenvalue weighted by atomic mass is 32.2. The molecule has 0 aromatic rings. The molecule has 6 heteroatoms. The van der Waals surface area contributed by atoms with E-state index < -0.39 is 9.84 Å². The number of sulfone groups is 1. The van der Waals surface area contributed by atoms with Gasteiger partial charge in [-0.3, -0.25) is 4.79 Å². The molecular formula is C13H24N2O3S. The Balaban J connectivity index is 1.74. The largest absolute Gasteiger partial charge is 0.352 e. The van der Waals surface area contributed by atoms with Gasteiger partial charge in [-0.1, -0.05) is 6.92 Å². The lowest BCUT2D eigenvalue weighted by Gasteiger charge is -2.28. The molecule has 110 valence electrons. The third kappa shape index (κ3) is 4.45. The lowest BCUT2D eigenvalue weighted by Crippen LogP contribution is -2.39. The van der Waals surface area contributed by atoms with Gasteiger partial charge >= 0.3 is 0 Å². The van der Waals surface area contributed by atoms with Gasteiger partial charge in [-0.25, -0.2) is 8.42 Å². The minimum atomic E-state index is -2.91. The van der Waals surface area contributed by atoms with Crippen LogP contribution >= 0.6 is 0 Å². The highest BCUT2D eigenvalue weighted by Crippen LogP contribution is 2.22. The van der Waals surface area contributed by atoms with Crippen molar-refractivity contribution >= 4 is 15.7 Å². The topological polar surface area (TPSA) is 75.3 Å². The number of rotatable bonds is 4. The highest BCUT2D eigenvalue weighted by molar-refractivity contribution is 7.91. The number of nitrogens with one attached hydrogen (secondary N) is 2. The predicted octanol–water partition coefficient (Wildman–Crippen LogP) is 0.316. The Morgan fingerprint density at radius 1 is 1.42 bits per heavy atom. The van der Waals surface area contributed by atoms with Crippen molar-refractivity contribution < 1.29 is 13.2 Å². The molecule has 2 fully saturated rings. The van der Waals surface area contributed by atoms with Gasteiger partial charge in [-0.05, 0) is 44.2 Å². The first-order valence-electron chi connectivity index (χ1n) is 7.17. The Morgan fingerprint density at radius 2 is 2.21 bits per heavy atom. The van der Waals surface area contributed by atoms with Crippen molar-refractivity contribution in [1.82, 2.24) is 10.6 Å². The van der Waals surface area contributed by atoms with Gasteiger partial charge in [0.2, 0.25) is 5.91 Å². The zero-order chi connectivity index (χ0) is 13.9. The number of carbonyl (C=O) groups is 1. The quantitative estimate of drug-likeness (QED) is 0.781. The van der Waals surface area contributed by atoms with Crippen LogP contribution in [-0.4, -0.2) is 45.0 Å². The van der Waals surface area contributed by atoms with Gasteiger partial charge in [0.1, 0.15) is 0 Å². The number of hydrogen-bond donors (Lipinski definition) is 2. The Morgan fingerprint density at radius 3 is 2.79 bits per heavy atom. The molecule has 0 aromatic heterocycles. The zero-order valence-electron chi connectivity index (χ0n) is 11.5. The first-order chi connectivity index (χ1) is 8.96. The van der Waals surface area contributed by atoms with Gasteiger partial charge in [0.25, 0.3) is 0 Å². The number of amides is 1. The SMILES string of the molecule is CC(CC(=O)NC1CCS(=O)(=O)C1)C1CCCNC1. The number of piperidine rings is 1. The van der Waals surface area contributed by atoms with E-state index in [1.54, 1.807) is 0 Å². The summed E-state index contributed by atoms with van der Waals surface area (Å²) in [7, 11) is -2.91. The normalized spacial score (nSPS) is 31.8. The van der Waals surface area contributed by atoms with Gasteiger partial charge in [0.15, 0.2) is 9.84 Å². The minimum absolute atomic E-state index is 0.000161. The number of hydrogen-bond acceptors (Lipinski definition) is 4. The van der Waals surface area contributed by atoms with Gasteiger partial charge in [-0.15, -0.1) is 0 Å². The van der Waals surface area contributed by atoms with Crippen molar-refractivity contribution in [1.29, 1.82) is 0 Å². The molecule has 2 heterocycles. The van der Waals surface area contributed by atoms with Crippen LogP contribution in [0.5, 0.6) is 0 Å². The lowest BCUT2D eigenvalue weighted by atomic mass is 9.85. The van der Waals surface area contributed by atoms with Crippen LogP contribution in [0.2, 0.25) is 0 Å². The summed E-state index contributed by atoms with van der Waals surface area (Å²) in [6.45, 7) is 4.18. The second kappa shape index (κ2) is 6.22. The summed E-state index contributed by atoms with van der Waals surface area (Å²) in [4.78, 5) is 11.9. The van der Waals surface area contributed by atoms with Gasteiger partial charge in [0.05, 0.1) is 11.5 Å². The van der Waals surface area contributed by atoms with Crippen molar-refractivity contribution in [2.45, 2.75) is 38.6 Å². The fourth-order valence-electron chi connectivity index (χ4n) is 3.02. The van der Waals surface area contributed by atoms with Crippen LogP contribution in [0.4, 0.5) is 0 Å². The monoisotopic (exact) mass is 288 g/mol. The number of carbonyl (C=O) groups excluding carboxylic acids is 1. The summed E-state index contributed by atoms with van der Waals surface area (Å²) in [5, 5.41) is 6.23. The zero-order valence-corrected chi connectivity index (χ0v) is 12.3. The summed E-state index contributed by atoms with van der Waals surface area (Å²) in [6, 6.07) is -0.172. The minimum Gasteiger partial charge on any atom is -0.352 e. The summed E-state index contributed by atoms with van der Waals surface area (Å²) in [5.74, 6) is 1.23. The average Bonchev–Trinajstić information content (AvgIpc) is 2.69. The smallest absolute Gasteiger partial charge is 0.220 e. The summed E-state index contributed by atoms with van der Waals surface area (Å²) in [5.41, 5.74) is 0. The average molecular weight is 288 g/mol. The van der Waals surface area contributed by atoms with Crippen LogP contribution < -0.4 is 10.6 Å². The summed E-state index contributed by atoms with van der Waals surface area (Å²) < 4.78 is 22.7. The van der Waals surface area contributed by atoms with Crippen molar-refractivity contribution in [2.75, 3.05) is 24.6 Å². The second-order valence-electron chi connectivity index (χ2n) is 5.96. The van der Waals surface area contributed by atoms with Crippen LogP contribution in [0.3, 0.4) is 0 Å². The Bertz CT molecular complexity index is 416. The molecule has 0 bridgehead atoms. The van der Waals surface area contributed by atoms with E-state index in [0.29, 0.717) is 24.7 Å². The van der Waals surface area contributed by atoms with E-state index in [9.17, 15) is 13.2 Å². The molecule has 3 unspecified atom stereocenters. The fourth-order valence-corrected chi connectivity index (χ4v) is 4.69. The van der Waals surface area contributed by atoms with Crippen molar-refractivity contribution in [3.63, 3.8) is 0 Å². The molecule has 2 N–H and O–H groups in total. The van der Waals surface area contributed by atoms with Gasteiger partial charge < -0.3 is 10.6 Å². The standard InChI is InChI=1S/C13H24N2O3S/c1-10(11-3-2-5-14-8-11)7-13(16)15-12-4-6-19(17,18)9-12/h10-12,14H,2-9H2,1H3,(H,15,16). The maximum atomic E-state index is 11.9. The first kappa shape index (κ1) is 14.8. The van der Waals surface area contributed by atoms with Crippen LogP contribution in [0, 0.1) is 11.8 Å². The molecule has 19 heavy (non-hydrogen) atoms.